The Bertz CT molecular complexity index is 569. The SMILES string of the molecule is COC(=O)[C@H]1[C@H](C(=O)OC)[C@H](c2ccccn2)N[C@@H]1C#N. The lowest BCUT2D eigenvalue weighted by Gasteiger charge is -2.20. The quantitative estimate of drug-likeness (QED) is 0.793. The molecular formula is C14H15N3O4. The van der Waals surface area contributed by atoms with Crippen molar-refractivity contribution in [1.29, 1.82) is 5.26 Å². The second-order valence-electron chi connectivity index (χ2n) is 4.60. The highest BCUT2D eigenvalue weighted by molar-refractivity contribution is 5.84. The lowest BCUT2D eigenvalue weighted by atomic mass is 9.86. The average molecular weight is 289 g/mol. The Hall–Kier alpha value is -2.46. The zero-order chi connectivity index (χ0) is 15.4. The molecular weight excluding hydrogens is 274 g/mol. The van der Waals surface area contributed by atoms with Crippen molar-refractivity contribution in [3.8, 4) is 6.07 Å². The third-order valence-corrected chi connectivity index (χ3v) is 3.56. The van der Waals surface area contributed by atoms with Gasteiger partial charge in [-0.2, -0.15) is 5.26 Å². The summed E-state index contributed by atoms with van der Waals surface area (Å²) < 4.78 is 9.50. The molecule has 0 radical (unpaired) electrons. The molecule has 21 heavy (non-hydrogen) atoms. The first-order valence-electron chi connectivity index (χ1n) is 6.36. The van der Waals surface area contributed by atoms with E-state index in [0.717, 1.165) is 0 Å². The molecule has 0 aliphatic carbocycles. The van der Waals surface area contributed by atoms with Crippen LogP contribution in [0, 0.1) is 23.2 Å². The fourth-order valence-corrected chi connectivity index (χ4v) is 2.60. The van der Waals surface area contributed by atoms with Gasteiger partial charge in [0, 0.05) is 6.20 Å². The minimum Gasteiger partial charge on any atom is -0.469 e. The molecule has 7 heteroatoms. The Kier molecular flexibility index (Phi) is 4.50. The number of aromatic nitrogens is 1. The third-order valence-electron chi connectivity index (χ3n) is 3.56. The lowest BCUT2D eigenvalue weighted by molar-refractivity contribution is -0.156. The molecule has 0 aromatic carbocycles. The predicted molar refractivity (Wildman–Crippen MR) is 70.5 cm³/mol. The molecule has 0 amide bonds. The van der Waals surface area contributed by atoms with Gasteiger partial charge >= 0.3 is 11.9 Å². The topological polar surface area (TPSA) is 101 Å². The molecule has 1 aliphatic heterocycles. The van der Waals surface area contributed by atoms with Crippen molar-refractivity contribution in [3.63, 3.8) is 0 Å². The first-order valence-corrected chi connectivity index (χ1v) is 6.36. The summed E-state index contributed by atoms with van der Waals surface area (Å²) in [7, 11) is 2.46. The number of carbonyl (C=O) groups excluding carboxylic acids is 2. The van der Waals surface area contributed by atoms with Crippen molar-refractivity contribution < 1.29 is 19.1 Å². The van der Waals surface area contributed by atoms with Gasteiger partial charge in [-0.05, 0) is 12.1 Å². The van der Waals surface area contributed by atoms with Gasteiger partial charge in [0.1, 0.15) is 12.0 Å². The van der Waals surface area contributed by atoms with Crippen LogP contribution in [-0.2, 0) is 19.1 Å². The highest BCUT2D eigenvalue weighted by Gasteiger charge is 2.53. The summed E-state index contributed by atoms with van der Waals surface area (Å²) in [6.45, 7) is 0. The minimum absolute atomic E-state index is 0.569. The number of nitrogens with zero attached hydrogens (tertiary/aromatic N) is 2. The van der Waals surface area contributed by atoms with Gasteiger partial charge in [0.05, 0.1) is 37.9 Å². The van der Waals surface area contributed by atoms with Crippen molar-refractivity contribution in [1.82, 2.24) is 10.3 Å². The fourth-order valence-electron chi connectivity index (χ4n) is 2.60. The zero-order valence-electron chi connectivity index (χ0n) is 11.6. The second-order valence-corrected chi connectivity index (χ2v) is 4.60. The largest absolute Gasteiger partial charge is 0.469 e. The number of carbonyl (C=O) groups is 2. The molecule has 110 valence electrons. The molecule has 2 heterocycles. The van der Waals surface area contributed by atoms with E-state index in [1.54, 1.807) is 24.4 Å². The van der Waals surface area contributed by atoms with Crippen LogP contribution in [0.1, 0.15) is 11.7 Å². The smallest absolute Gasteiger partial charge is 0.312 e. The number of nitrogens with one attached hydrogen (secondary N) is 1. The van der Waals surface area contributed by atoms with Gasteiger partial charge in [-0.25, -0.2) is 0 Å². The maximum absolute atomic E-state index is 12.1. The molecule has 2 rings (SSSR count). The maximum atomic E-state index is 12.1. The fraction of sp³-hybridized carbons (Fsp3) is 0.429. The van der Waals surface area contributed by atoms with Gasteiger partial charge in [0.25, 0.3) is 0 Å². The second kappa shape index (κ2) is 6.33. The third kappa shape index (κ3) is 2.71. The highest BCUT2D eigenvalue weighted by Crippen LogP contribution is 2.38. The van der Waals surface area contributed by atoms with Crippen LogP contribution >= 0.6 is 0 Å². The van der Waals surface area contributed by atoms with Crippen molar-refractivity contribution in [2.75, 3.05) is 14.2 Å². The molecule has 0 saturated carbocycles. The average Bonchev–Trinajstić information content (AvgIpc) is 2.93. The van der Waals surface area contributed by atoms with E-state index < -0.39 is 35.9 Å². The molecule has 1 aliphatic rings. The number of hydrogen-bond donors (Lipinski definition) is 1. The minimum atomic E-state index is -0.931. The van der Waals surface area contributed by atoms with Gasteiger partial charge in [-0.15, -0.1) is 0 Å². The van der Waals surface area contributed by atoms with E-state index >= 15 is 0 Å². The molecule has 0 bridgehead atoms. The number of rotatable bonds is 3. The number of ether oxygens (including phenoxy) is 2. The molecule has 1 aromatic rings. The van der Waals surface area contributed by atoms with Crippen LogP contribution in [-0.4, -0.2) is 37.2 Å². The van der Waals surface area contributed by atoms with E-state index in [0.29, 0.717) is 5.69 Å². The van der Waals surface area contributed by atoms with Crippen LogP contribution in [0.25, 0.3) is 0 Å². The molecule has 7 nitrogen and oxygen atoms in total. The first kappa shape index (κ1) is 14.9. The standard InChI is InChI=1S/C14H15N3O4/c1-20-13(18)10-9(7-15)17-12(11(10)14(19)21-2)8-5-3-4-6-16-8/h3-6,9-12,17H,1-2H3/t9-,10-,11+,12+/m1/s1. The Labute approximate surface area is 121 Å². The lowest BCUT2D eigenvalue weighted by Crippen LogP contribution is -2.35. The first-order chi connectivity index (χ1) is 10.1. The monoisotopic (exact) mass is 289 g/mol. The van der Waals surface area contributed by atoms with E-state index in [1.807, 2.05) is 6.07 Å². The van der Waals surface area contributed by atoms with Gasteiger partial charge < -0.3 is 9.47 Å². The number of hydrogen-bond acceptors (Lipinski definition) is 7. The summed E-state index contributed by atoms with van der Waals surface area (Å²) in [5.74, 6) is -2.99. The summed E-state index contributed by atoms with van der Waals surface area (Å²) in [4.78, 5) is 28.2. The number of methoxy groups -OCH3 is 2. The summed E-state index contributed by atoms with van der Waals surface area (Å²) in [6.07, 6.45) is 1.58. The van der Waals surface area contributed by atoms with Crippen molar-refractivity contribution in [2.24, 2.45) is 11.8 Å². The molecule has 1 saturated heterocycles. The highest BCUT2D eigenvalue weighted by atomic mass is 16.5. The van der Waals surface area contributed by atoms with Crippen molar-refractivity contribution in [2.45, 2.75) is 12.1 Å². The normalized spacial score (nSPS) is 27.7. The zero-order valence-corrected chi connectivity index (χ0v) is 11.6. The van der Waals surface area contributed by atoms with Crippen molar-refractivity contribution in [3.05, 3.63) is 30.1 Å². The molecule has 1 fully saturated rings. The Balaban J connectivity index is 2.43. The van der Waals surface area contributed by atoms with E-state index in [-0.39, 0.29) is 0 Å². The molecule has 4 atom stereocenters. The van der Waals surface area contributed by atoms with E-state index in [2.05, 4.69) is 10.3 Å². The number of nitriles is 1. The van der Waals surface area contributed by atoms with E-state index in [1.165, 1.54) is 14.2 Å². The van der Waals surface area contributed by atoms with Gasteiger partial charge in [0.2, 0.25) is 0 Å². The van der Waals surface area contributed by atoms with Gasteiger partial charge in [-0.1, -0.05) is 6.07 Å². The molecule has 1 aromatic heterocycles. The van der Waals surface area contributed by atoms with Crippen LogP contribution in [0.5, 0.6) is 0 Å². The van der Waals surface area contributed by atoms with Crippen LogP contribution < -0.4 is 5.32 Å². The van der Waals surface area contributed by atoms with Gasteiger partial charge in [-0.3, -0.25) is 19.9 Å². The van der Waals surface area contributed by atoms with E-state index in [4.69, 9.17) is 9.47 Å². The predicted octanol–water partition coefficient (Wildman–Crippen LogP) is 0.196. The number of esters is 2. The van der Waals surface area contributed by atoms with E-state index in [9.17, 15) is 14.9 Å². The Morgan fingerprint density at radius 3 is 2.43 bits per heavy atom. The summed E-state index contributed by atoms with van der Waals surface area (Å²) in [6, 6.07) is 5.81. The Morgan fingerprint density at radius 1 is 1.24 bits per heavy atom. The number of pyridine rings is 1. The molecule has 1 N–H and O–H groups in total. The van der Waals surface area contributed by atoms with Crippen LogP contribution in [0.3, 0.4) is 0 Å². The van der Waals surface area contributed by atoms with Crippen LogP contribution in [0.2, 0.25) is 0 Å². The Morgan fingerprint density at radius 2 is 1.90 bits per heavy atom. The maximum Gasteiger partial charge on any atom is 0.312 e. The van der Waals surface area contributed by atoms with Gasteiger partial charge in [0.15, 0.2) is 0 Å². The van der Waals surface area contributed by atoms with Crippen LogP contribution in [0.4, 0.5) is 0 Å². The molecule has 0 spiro atoms. The van der Waals surface area contributed by atoms with Crippen LogP contribution in [0.15, 0.2) is 24.4 Å². The van der Waals surface area contributed by atoms with Crippen molar-refractivity contribution >= 4 is 11.9 Å². The molecule has 0 unspecified atom stereocenters. The summed E-state index contributed by atoms with van der Waals surface area (Å²) >= 11 is 0. The summed E-state index contributed by atoms with van der Waals surface area (Å²) in [5.41, 5.74) is 0.569. The summed E-state index contributed by atoms with van der Waals surface area (Å²) in [5, 5.41) is 12.2.